The zero-order valence-corrected chi connectivity index (χ0v) is 10.7. The van der Waals surface area contributed by atoms with E-state index in [1.54, 1.807) is 36.3 Å². The largest absolute Gasteiger partial charge is 0.507 e. The van der Waals surface area contributed by atoms with Crippen molar-refractivity contribution in [3.05, 3.63) is 35.6 Å². The molecule has 0 aliphatic rings. The van der Waals surface area contributed by atoms with E-state index in [9.17, 15) is 5.11 Å². The summed E-state index contributed by atoms with van der Waals surface area (Å²) in [6, 6.07) is 4.69. The van der Waals surface area contributed by atoms with Crippen molar-refractivity contribution >= 4 is 11.6 Å². The van der Waals surface area contributed by atoms with E-state index >= 15 is 0 Å². The summed E-state index contributed by atoms with van der Waals surface area (Å²) in [5, 5.41) is 18.1. The van der Waals surface area contributed by atoms with Gasteiger partial charge in [0.1, 0.15) is 5.75 Å². The maximum absolute atomic E-state index is 9.80. The number of rotatable bonds is 2. The lowest BCUT2D eigenvalue weighted by molar-refractivity contribution is 0.426. The van der Waals surface area contributed by atoms with Gasteiger partial charge in [0, 0.05) is 18.3 Å². The number of benzene rings is 1. The Labute approximate surface area is 113 Å². The summed E-state index contributed by atoms with van der Waals surface area (Å²) in [6.45, 7) is 0. The molecule has 0 amide bonds. The third kappa shape index (κ3) is 2.17. The van der Waals surface area contributed by atoms with Gasteiger partial charge < -0.3 is 9.63 Å². The molecule has 3 aromatic rings. The molecule has 6 nitrogen and oxygen atoms in total. The van der Waals surface area contributed by atoms with Crippen LogP contribution in [0.4, 0.5) is 0 Å². The fourth-order valence-electron chi connectivity index (χ4n) is 1.67. The molecule has 0 radical (unpaired) electrons. The lowest BCUT2D eigenvalue weighted by Crippen LogP contribution is -1.84. The summed E-state index contributed by atoms with van der Waals surface area (Å²) < 4.78 is 6.78. The van der Waals surface area contributed by atoms with Crippen LogP contribution in [0.15, 0.2) is 35.1 Å². The molecule has 1 N–H and O–H groups in total. The third-order valence-corrected chi connectivity index (χ3v) is 2.81. The van der Waals surface area contributed by atoms with Gasteiger partial charge in [-0.1, -0.05) is 16.8 Å². The number of halogens is 1. The molecule has 0 aliphatic carbocycles. The van der Waals surface area contributed by atoms with E-state index in [-0.39, 0.29) is 11.6 Å². The van der Waals surface area contributed by atoms with E-state index in [0.29, 0.717) is 16.4 Å². The monoisotopic (exact) mass is 276 g/mol. The van der Waals surface area contributed by atoms with Crippen molar-refractivity contribution in [2.24, 2.45) is 7.05 Å². The van der Waals surface area contributed by atoms with Crippen LogP contribution in [0, 0.1) is 0 Å². The third-order valence-electron chi connectivity index (χ3n) is 2.58. The van der Waals surface area contributed by atoms with E-state index in [1.165, 1.54) is 6.07 Å². The van der Waals surface area contributed by atoms with Gasteiger partial charge in [0.15, 0.2) is 0 Å². The molecule has 19 heavy (non-hydrogen) atoms. The highest BCUT2D eigenvalue weighted by Gasteiger charge is 2.14. The summed E-state index contributed by atoms with van der Waals surface area (Å²) in [4.78, 5) is 4.22. The van der Waals surface area contributed by atoms with Crippen LogP contribution in [0.25, 0.3) is 22.8 Å². The Balaban J connectivity index is 2.01. The average molecular weight is 277 g/mol. The lowest BCUT2D eigenvalue weighted by atomic mass is 10.2. The Morgan fingerprint density at radius 3 is 2.89 bits per heavy atom. The Morgan fingerprint density at radius 2 is 2.21 bits per heavy atom. The van der Waals surface area contributed by atoms with Crippen molar-refractivity contribution in [3.8, 4) is 28.6 Å². The van der Waals surface area contributed by atoms with Gasteiger partial charge in [-0.25, -0.2) is 0 Å². The summed E-state index contributed by atoms with van der Waals surface area (Å²) in [5.74, 6) is 0.638. The van der Waals surface area contributed by atoms with E-state index in [4.69, 9.17) is 16.1 Å². The smallest absolute Gasteiger partial charge is 0.262 e. The van der Waals surface area contributed by atoms with Gasteiger partial charge in [0.2, 0.25) is 5.82 Å². The first-order valence-corrected chi connectivity index (χ1v) is 5.83. The second kappa shape index (κ2) is 4.40. The number of aryl methyl sites for hydroxylation is 1. The molecule has 0 spiro atoms. The van der Waals surface area contributed by atoms with Crippen LogP contribution in [0.1, 0.15) is 0 Å². The molecule has 2 aromatic heterocycles. The van der Waals surface area contributed by atoms with Crippen molar-refractivity contribution in [1.82, 2.24) is 19.9 Å². The molecule has 0 fully saturated rings. The van der Waals surface area contributed by atoms with Gasteiger partial charge in [-0.15, -0.1) is 0 Å². The second-order valence-corrected chi connectivity index (χ2v) is 4.42. The first-order valence-electron chi connectivity index (χ1n) is 5.45. The van der Waals surface area contributed by atoms with Gasteiger partial charge in [0.25, 0.3) is 5.89 Å². The molecule has 7 heteroatoms. The molecule has 3 rings (SSSR count). The zero-order chi connectivity index (χ0) is 13.4. The van der Waals surface area contributed by atoms with Crippen molar-refractivity contribution in [3.63, 3.8) is 0 Å². The molecular weight excluding hydrogens is 268 g/mol. The minimum atomic E-state index is -0.00566. The number of phenols is 1. The standard InChI is InChI=1S/C12H9ClN4O2/c1-17-6-7(5-14-17)11-15-12(19-16-11)9-3-2-8(13)4-10(9)18/h2-6,18H,1H3. The topological polar surface area (TPSA) is 77.0 Å². The van der Waals surface area contributed by atoms with Crippen LogP contribution in [-0.2, 0) is 7.05 Å². The Kier molecular flexibility index (Phi) is 2.72. The maximum Gasteiger partial charge on any atom is 0.262 e. The number of nitrogens with zero attached hydrogens (tertiary/aromatic N) is 4. The molecule has 0 atom stereocenters. The molecule has 0 unspecified atom stereocenters. The van der Waals surface area contributed by atoms with Crippen LogP contribution in [0.5, 0.6) is 5.75 Å². The van der Waals surface area contributed by atoms with Gasteiger partial charge in [-0.3, -0.25) is 4.68 Å². The first-order chi connectivity index (χ1) is 9.13. The summed E-state index contributed by atoms with van der Waals surface area (Å²) in [5.41, 5.74) is 1.18. The van der Waals surface area contributed by atoms with E-state index < -0.39 is 0 Å². The normalized spacial score (nSPS) is 10.8. The predicted octanol–water partition coefficient (Wildman–Crippen LogP) is 2.50. The number of hydrogen-bond donors (Lipinski definition) is 1. The van der Waals surface area contributed by atoms with Crippen LogP contribution < -0.4 is 0 Å². The average Bonchev–Trinajstić information content (AvgIpc) is 2.97. The summed E-state index contributed by atoms with van der Waals surface area (Å²) in [6.07, 6.45) is 3.41. The number of aromatic nitrogens is 4. The molecule has 0 aliphatic heterocycles. The quantitative estimate of drug-likeness (QED) is 0.778. The van der Waals surface area contributed by atoms with Crippen LogP contribution >= 0.6 is 11.6 Å². The van der Waals surface area contributed by atoms with E-state index in [0.717, 1.165) is 5.56 Å². The molecular formula is C12H9ClN4O2. The van der Waals surface area contributed by atoms with E-state index in [1.807, 2.05) is 0 Å². The number of hydrogen-bond acceptors (Lipinski definition) is 5. The SMILES string of the molecule is Cn1cc(-c2noc(-c3ccc(Cl)cc3O)n2)cn1. The lowest BCUT2D eigenvalue weighted by Gasteiger charge is -1.98. The van der Waals surface area contributed by atoms with E-state index in [2.05, 4.69) is 15.2 Å². The second-order valence-electron chi connectivity index (χ2n) is 3.99. The van der Waals surface area contributed by atoms with Crippen molar-refractivity contribution < 1.29 is 9.63 Å². The zero-order valence-electron chi connectivity index (χ0n) is 9.91. The van der Waals surface area contributed by atoms with Crippen LogP contribution in [-0.4, -0.2) is 25.0 Å². The highest BCUT2D eigenvalue weighted by Crippen LogP contribution is 2.31. The molecule has 96 valence electrons. The van der Waals surface area contributed by atoms with Crippen molar-refractivity contribution in [2.75, 3.05) is 0 Å². The highest BCUT2D eigenvalue weighted by molar-refractivity contribution is 6.30. The van der Waals surface area contributed by atoms with Gasteiger partial charge in [-0.05, 0) is 18.2 Å². The summed E-state index contributed by atoms with van der Waals surface area (Å²) >= 11 is 5.77. The van der Waals surface area contributed by atoms with Crippen LogP contribution in [0.2, 0.25) is 5.02 Å². The Morgan fingerprint density at radius 1 is 1.37 bits per heavy atom. The molecule has 0 bridgehead atoms. The van der Waals surface area contributed by atoms with Gasteiger partial charge >= 0.3 is 0 Å². The molecule has 0 saturated heterocycles. The number of phenolic OH excluding ortho intramolecular Hbond substituents is 1. The molecule has 2 heterocycles. The minimum Gasteiger partial charge on any atom is -0.507 e. The van der Waals surface area contributed by atoms with Gasteiger partial charge in [0.05, 0.1) is 17.3 Å². The van der Waals surface area contributed by atoms with Crippen molar-refractivity contribution in [2.45, 2.75) is 0 Å². The Bertz CT molecular complexity index is 735. The highest BCUT2D eigenvalue weighted by atomic mass is 35.5. The first kappa shape index (κ1) is 11.7. The maximum atomic E-state index is 9.80. The fourth-order valence-corrected chi connectivity index (χ4v) is 1.84. The molecule has 0 saturated carbocycles. The Hall–Kier alpha value is -2.34. The predicted molar refractivity (Wildman–Crippen MR) is 68.6 cm³/mol. The molecule has 1 aromatic carbocycles. The van der Waals surface area contributed by atoms with Gasteiger partial charge in [-0.2, -0.15) is 10.1 Å². The minimum absolute atomic E-state index is 0.00566. The van der Waals surface area contributed by atoms with Crippen molar-refractivity contribution in [1.29, 1.82) is 0 Å². The fraction of sp³-hybridized carbons (Fsp3) is 0.0833. The summed E-state index contributed by atoms with van der Waals surface area (Å²) in [7, 11) is 1.80. The van der Waals surface area contributed by atoms with Crippen LogP contribution in [0.3, 0.4) is 0 Å². The number of aromatic hydroxyl groups is 1.